The van der Waals surface area contributed by atoms with Crippen molar-refractivity contribution >= 4 is 17.5 Å². The fraction of sp³-hybridized carbons (Fsp3) is 0.556. The lowest BCUT2D eigenvalue weighted by Crippen LogP contribution is -2.51. The molecular weight excluding hydrogens is 320 g/mol. The summed E-state index contributed by atoms with van der Waals surface area (Å²) < 4.78 is 4.90. The average Bonchev–Trinajstić information content (AvgIpc) is 2.61. The number of piperazine rings is 1. The molecule has 2 rings (SSSR count). The fourth-order valence-corrected chi connectivity index (χ4v) is 2.87. The Balaban J connectivity index is 1.68. The number of para-hydroxylation sites is 1. The largest absolute Gasteiger partial charge is 0.399 e. The predicted octanol–water partition coefficient (Wildman–Crippen LogP) is 0.108. The van der Waals surface area contributed by atoms with Crippen LogP contribution in [0.3, 0.4) is 0 Å². The van der Waals surface area contributed by atoms with E-state index in [1.54, 1.807) is 7.11 Å². The molecular formula is C18H28N4O3. The zero-order valence-electron chi connectivity index (χ0n) is 14.9. The second kappa shape index (κ2) is 10.0. The number of methoxy groups -OCH3 is 1. The van der Waals surface area contributed by atoms with Gasteiger partial charge in [0.1, 0.15) is 0 Å². The molecule has 0 aliphatic carbocycles. The van der Waals surface area contributed by atoms with Gasteiger partial charge in [-0.1, -0.05) is 18.2 Å². The molecule has 3 N–H and O–H groups in total. The van der Waals surface area contributed by atoms with Crippen LogP contribution in [0.25, 0.3) is 0 Å². The van der Waals surface area contributed by atoms with Gasteiger partial charge in [-0.3, -0.25) is 14.5 Å². The minimum Gasteiger partial charge on any atom is -0.399 e. The first-order valence-corrected chi connectivity index (χ1v) is 8.69. The van der Waals surface area contributed by atoms with Gasteiger partial charge in [-0.05, 0) is 18.1 Å². The van der Waals surface area contributed by atoms with Crippen molar-refractivity contribution < 1.29 is 14.3 Å². The van der Waals surface area contributed by atoms with Gasteiger partial charge in [-0.15, -0.1) is 0 Å². The van der Waals surface area contributed by atoms with E-state index in [4.69, 9.17) is 10.5 Å². The van der Waals surface area contributed by atoms with Crippen molar-refractivity contribution in [1.29, 1.82) is 0 Å². The number of rotatable bonds is 8. The normalized spacial score (nSPS) is 15.2. The second-order valence-electron chi connectivity index (χ2n) is 6.20. The maximum atomic E-state index is 12.4. The molecule has 1 heterocycles. The molecule has 1 fully saturated rings. The third-order valence-electron chi connectivity index (χ3n) is 4.38. The Morgan fingerprint density at radius 3 is 2.60 bits per heavy atom. The fourth-order valence-electron chi connectivity index (χ4n) is 2.87. The number of hydrogen-bond acceptors (Lipinski definition) is 5. The Morgan fingerprint density at radius 2 is 1.92 bits per heavy atom. The van der Waals surface area contributed by atoms with Gasteiger partial charge in [0.05, 0.1) is 13.2 Å². The van der Waals surface area contributed by atoms with Crippen molar-refractivity contribution in [3.63, 3.8) is 0 Å². The molecule has 7 nitrogen and oxygen atoms in total. The molecule has 0 bridgehead atoms. The van der Waals surface area contributed by atoms with Crippen LogP contribution < -0.4 is 11.1 Å². The van der Waals surface area contributed by atoms with Crippen LogP contribution >= 0.6 is 0 Å². The van der Waals surface area contributed by atoms with Crippen LogP contribution in [0.1, 0.15) is 12.0 Å². The van der Waals surface area contributed by atoms with Crippen LogP contribution in [0.2, 0.25) is 0 Å². The molecule has 7 heteroatoms. The topological polar surface area (TPSA) is 87.9 Å². The third-order valence-corrected chi connectivity index (χ3v) is 4.38. The molecule has 25 heavy (non-hydrogen) atoms. The molecule has 1 aliphatic heterocycles. The van der Waals surface area contributed by atoms with Crippen LogP contribution in [-0.4, -0.2) is 74.6 Å². The molecule has 0 aromatic heterocycles. The minimum atomic E-state index is -0.00335. The first-order valence-electron chi connectivity index (χ1n) is 8.69. The summed E-state index contributed by atoms with van der Waals surface area (Å²) in [5.74, 6) is 0.142. The quantitative estimate of drug-likeness (QED) is 0.514. The summed E-state index contributed by atoms with van der Waals surface area (Å²) in [6.45, 7) is 4.17. The smallest absolute Gasteiger partial charge is 0.234 e. The third kappa shape index (κ3) is 6.36. The Kier molecular flexibility index (Phi) is 7.69. The van der Waals surface area contributed by atoms with Gasteiger partial charge in [0.15, 0.2) is 0 Å². The van der Waals surface area contributed by atoms with Crippen molar-refractivity contribution in [3.8, 4) is 0 Å². The number of amides is 2. The van der Waals surface area contributed by atoms with Crippen LogP contribution in [0.15, 0.2) is 24.3 Å². The number of nitrogen functional groups attached to an aromatic ring is 1. The number of nitrogens with zero attached hydrogens (tertiary/aromatic N) is 2. The Bertz CT molecular complexity index is 571. The Labute approximate surface area is 149 Å². The maximum Gasteiger partial charge on any atom is 0.234 e. The number of carbonyl (C=O) groups excluding carboxylic acids is 2. The number of ether oxygens (including phenoxy) is 1. The van der Waals surface area contributed by atoms with E-state index in [1.807, 2.05) is 29.2 Å². The highest BCUT2D eigenvalue weighted by molar-refractivity contribution is 5.78. The van der Waals surface area contributed by atoms with E-state index in [1.165, 1.54) is 0 Å². The number of nitrogens with two attached hydrogens (primary N) is 1. The van der Waals surface area contributed by atoms with Crippen LogP contribution in [0.4, 0.5) is 5.69 Å². The Morgan fingerprint density at radius 1 is 1.20 bits per heavy atom. The first-order chi connectivity index (χ1) is 12.1. The standard InChI is InChI=1S/C18H28N4O3/c1-25-13-8-20-17(23)14-21-9-11-22(12-10-21)18(24)7-6-15-4-2-3-5-16(15)19/h2-5H,6-14,19H2,1H3,(H,20,23). The van der Waals surface area contributed by atoms with Gasteiger partial charge in [0.25, 0.3) is 0 Å². The lowest BCUT2D eigenvalue weighted by atomic mass is 10.1. The predicted molar refractivity (Wildman–Crippen MR) is 97.1 cm³/mol. The van der Waals surface area contributed by atoms with Crippen molar-refractivity contribution in [2.45, 2.75) is 12.8 Å². The van der Waals surface area contributed by atoms with E-state index in [9.17, 15) is 9.59 Å². The second-order valence-corrected chi connectivity index (χ2v) is 6.20. The van der Waals surface area contributed by atoms with Crippen molar-refractivity contribution in [2.75, 3.05) is 58.7 Å². The van der Waals surface area contributed by atoms with E-state index in [-0.39, 0.29) is 11.8 Å². The lowest BCUT2D eigenvalue weighted by molar-refractivity contribution is -0.133. The van der Waals surface area contributed by atoms with Crippen LogP contribution in [0, 0.1) is 0 Å². The molecule has 1 aromatic carbocycles. The summed E-state index contributed by atoms with van der Waals surface area (Å²) in [5, 5.41) is 2.81. The van der Waals surface area contributed by atoms with E-state index < -0.39 is 0 Å². The van der Waals surface area contributed by atoms with Crippen molar-refractivity contribution in [3.05, 3.63) is 29.8 Å². The van der Waals surface area contributed by atoms with E-state index >= 15 is 0 Å². The summed E-state index contributed by atoms with van der Waals surface area (Å²) in [6.07, 6.45) is 1.12. The highest BCUT2D eigenvalue weighted by Gasteiger charge is 2.22. The molecule has 0 atom stereocenters. The summed E-state index contributed by atoms with van der Waals surface area (Å²) in [6, 6.07) is 7.65. The lowest BCUT2D eigenvalue weighted by Gasteiger charge is -2.34. The molecule has 0 radical (unpaired) electrons. The number of benzene rings is 1. The minimum absolute atomic E-state index is 0.00335. The number of anilines is 1. The van der Waals surface area contributed by atoms with Gasteiger partial charge >= 0.3 is 0 Å². The average molecular weight is 348 g/mol. The molecule has 0 spiro atoms. The zero-order valence-corrected chi connectivity index (χ0v) is 14.9. The van der Waals surface area contributed by atoms with E-state index in [2.05, 4.69) is 10.2 Å². The first kappa shape index (κ1) is 19.2. The van der Waals surface area contributed by atoms with Crippen molar-refractivity contribution in [1.82, 2.24) is 15.1 Å². The maximum absolute atomic E-state index is 12.4. The van der Waals surface area contributed by atoms with Gasteiger partial charge in [-0.25, -0.2) is 0 Å². The number of aryl methyl sites for hydroxylation is 1. The Hall–Kier alpha value is -2.12. The van der Waals surface area contributed by atoms with E-state index in [0.717, 1.165) is 24.3 Å². The number of nitrogens with one attached hydrogen (secondary N) is 1. The molecule has 0 unspecified atom stereocenters. The molecule has 1 saturated heterocycles. The SMILES string of the molecule is COCCNC(=O)CN1CCN(C(=O)CCc2ccccc2N)CC1. The molecule has 2 amide bonds. The van der Waals surface area contributed by atoms with Gasteiger partial charge in [0, 0.05) is 51.9 Å². The molecule has 1 aliphatic rings. The van der Waals surface area contributed by atoms with Gasteiger partial charge < -0.3 is 20.7 Å². The molecule has 138 valence electrons. The summed E-state index contributed by atoms with van der Waals surface area (Å²) >= 11 is 0. The highest BCUT2D eigenvalue weighted by atomic mass is 16.5. The summed E-state index contributed by atoms with van der Waals surface area (Å²) in [7, 11) is 1.61. The highest BCUT2D eigenvalue weighted by Crippen LogP contribution is 2.14. The van der Waals surface area contributed by atoms with E-state index in [0.29, 0.717) is 45.6 Å². The number of carbonyl (C=O) groups is 2. The van der Waals surface area contributed by atoms with Crippen LogP contribution in [-0.2, 0) is 20.7 Å². The number of hydrogen-bond donors (Lipinski definition) is 2. The summed E-state index contributed by atoms with van der Waals surface area (Å²) in [4.78, 5) is 28.1. The monoisotopic (exact) mass is 348 g/mol. The van der Waals surface area contributed by atoms with Crippen molar-refractivity contribution in [2.24, 2.45) is 0 Å². The van der Waals surface area contributed by atoms with Gasteiger partial charge in [-0.2, -0.15) is 0 Å². The van der Waals surface area contributed by atoms with Crippen LogP contribution in [0.5, 0.6) is 0 Å². The summed E-state index contributed by atoms with van der Waals surface area (Å²) in [5.41, 5.74) is 7.67. The zero-order chi connectivity index (χ0) is 18.1. The molecule has 1 aromatic rings. The van der Waals surface area contributed by atoms with Gasteiger partial charge in [0.2, 0.25) is 11.8 Å². The molecule has 0 saturated carbocycles.